The Morgan fingerprint density at radius 3 is 3.00 bits per heavy atom. The largest absolute Gasteiger partial charge is 0.392 e. The van der Waals surface area contributed by atoms with Crippen LogP contribution in [0.15, 0.2) is 17.5 Å². The molecule has 0 saturated carbocycles. The van der Waals surface area contributed by atoms with Crippen molar-refractivity contribution in [2.24, 2.45) is 0 Å². The maximum Gasteiger partial charge on any atom is 0.225 e. The molecule has 1 heterocycles. The van der Waals surface area contributed by atoms with Gasteiger partial charge in [-0.1, -0.05) is 6.07 Å². The van der Waals surface area contributed by atoms with Crippen molar-refractivity contribution in [3.05, 3.63) is 22.4 Å². The highest BCUT2D eigenvalue weighted by Gasteiger charge is 2.02. The zero-order valence-corrected chi connectivity index (χ0v) is 10.2. The lowest BCUT2D eigenvalue weighted by Gasteiger charge is -2.07. The van der Waals surface area contributed by atoms with E-state index in [0.29, 0.717) is 26.1 Å². The van der Waals surface area contributed by atoms with Gasteiger partial charge in [0, 0.05) is 24.5 Å². The number of hydrogen-bond acceptors (Lipinski definition) is 4. The average molecular weight is 242 g/mol. The van der Waals surface area contributed by atoms with Gasteiger partial charge in [-0.05, 0) is 18.4 Å². The van der Waals surface area contributed by atoms with Gasteiger partial charge >= 0.3 is 0 Å². The molecule has 1 unspecified atom stereocenters. The molecule has 0 aliphatic carbocycles. The summed E-state index contributed by atoms with van der Waals surface area (Å²) in [5.74, 6) is 0.0429. The van der Waals surface area contributed by atoms with E-state index in [1.165, 1.54) is 0 Å². The van der Waals surface area contributed by atoms with Gasteiger partial charge in [-0.3, -0.25) is 4.79 Å². The number of amides is 1. The molecule has 16 heavy (non-hydrogen) atoms. The molecule has 5 heteroatoms. The van der Waals surface area contributed by atoms with Crippen LogP contribution >= 0.6 is 11.3 Å². The molecule has 0 aliphatic heterocycles. The van der Waals surface area contributed by atoms with Gasteiger partial charge in [-0.25, -0.2) is 0 Å². The molecule has 1 amide bonds. The first-order valence-electron chi connectivity index (χ1n) is 5.36. The molecular formula is C11H18N2O2S. The Bertz CT molecular complexity index is 299. The van der Waals surface area contributed by atoms with Crippen LogP contribution in [-0.4, -0.2) is 36.8 Å². The van der Waals surface area contributed by atoms with E-state index in [-0.39, 0.29) is 12.0 Å². The van der Waals surface area contributed by atoms with E-state index in [2.05, 4.69) is 10.6 Å². The van der Waals surface area contributed by atoms with E-state index in [9.17, 15) is 4.79 Å². The van der Waals surface area contributed by atoms with E-state index in [1.54, 1.807) is 18.3 Å². The maximum atomic E-state index is 11.4. The van der Waals surface area contributed by atoms with Gasteiger partial charge < -0.3 is 15.7 Å². The number of thiophene rings is 1. The molecule has 0 fully saturated rings. The fourth-order valence-corrected chi connectivity index (χ4v) is 1.94. The van der Waals surface area contributed by atoms with Gasteiger partial charge in [0.25, 0.3) is 0 Å². The quantitative estimate of drug-likeness (QED) is 0.606. The molecule has 90 valence electrons. The van der Waals surface area contributed by atoms with Gasteiger partial charge in [0.05, 0.1) is 12.5 Å². The molecule has 0 radical (unpaired) electrons. The van der Waals surface area contributed by atoms with Crippen molar-refractivity contribution in [1.29, 1.82) is 0 Å². The van der Waals surface area contributed by atoms with Crippen molar-refractivity contribution in [2.75, 3.05) is 19.6 Å². The summed E-state index contributed by atoms with van der Waals surface area (Å²) in [5.41, 5.74) is 0. The first-order chi connectivity index (χ1) is 7.68. The molecule has 0 aromatic carbocycles. The van der Waals surface area contributed by atoms with Crippen LogP contribution in [-0.2, 0) is 11.2 Å². The van der Waals surface area contributed by atoms with Crippen molar-refractivity contribution in [1.82, 2.24) is 10.6 Å². The molecule has 1 aromatic heterocycles. The van der Waals surface area contributed by atoms with E-state index in [4.69, 9.17) is 5.11 Å². The fourth-order valence-electron chi connectivity index (χ4n) is 1.24. The highest BCUT2D eigenvalue weighted by atomic mass is 32.1. The number of carbonyl (C=O) groups excluding carboxylic acids is 1. The first kappa shape index (κ1) is 13.2. The molecule has 0 saturated heterocycles. The number of aliphatic hydroxyl groups excluding tert-OH is 1. The topological polar surface area (TPSA) is 61.4 Å². The highest BCUT2D eigenvalue weighted by Crippen LogP contribution is 2.08. The zero-order valence-electron chi connectivity index (χ0n) is 9.40. The van der Waals surface area contributed by atoms with Crippen LogP contribution in [0.1, 0.15) is 11.8 Å². The summed E-state index contributed by atoms with van der Waals surface area (Å²) in [5, 5.41) is 16.8. The minimum atomic E-state index is -0.346. The van der Waals surface area contributed by atoms with E-state index in [1.807, 2.05) is 17.5 Å². The summed E-state index contributed by atoms with van der Waals surface area (Å²) < 4.78 is 0. The van der Waals surface area contributed by atoms with Crippen LogP contribution in [0.5, 0.6) is 0 Å². The predicted octanol–water partition coefficient (Wildman–Crippen LogP) is 0.377. The number of carbonyl (C=O) groups is 1. The molecular weight excluding hydrogens is 224 g/mol. The molecule has 1 aromatic rings. The third-order valence-corrected chi connectivity index (χ3v) is 2.85. The lowest BCUT2D eigenvalue weighted by atomic mass is 10.3. The Balaban J connectivity index is 2.03. The van der Waals surface area contributed by atoms with Crippen molar-refractivity contribution < 1.29 is 9.90 Å². The van der Waals surface area contributed by atoms with Crippen LogP contribution in [0.25, 0.3) is 0 Å². The Hall–Kier alpha value is -0.910. The normalized spacial score (nSPS) is 12.4. The molecule has 4 nitrogen and oxygen atoms in total. The number of aliphatic hydroxyl groups is 1. The molecule has 3 N–H and O–H groups in total. The predicted molar refractivity (Wildman–Crippen MR) is 65.6 cm³/mol. The summed E-state index contributed by atoms with van der Waals surface area (Å²) >= 11 is 1.59. The van der Waals surface area contributed by atoms with Gasteiger partial charge in [-0.2, -0.15) is 0 Å². The van der Waals surface area contributed by atoms with Crippen LogP contribution < -0.4 is 10.6 Å². The van der Waals surface area contributed by atoms with Gasteiger partial charge in [0.2, 0.25) is 5.91 Å². The Kier molecular flexibility index (Phi) is 6.07. The highest BCUT2D eigenvalue weighted by molar-refractivity contribution is 7.10. The van der Waals surface area contributed by atoms with E-state index >= 15 is 0 Å². The molecule has 1 atom stereocenters. The van der Waals surface area contributed by atoms with Crippen LogP contribution in [0.4, 0.5) is 0 Å². The SMILES string of the molecule is CC(O)CNCCNC(=O)Cc1cccs1. The minimum absolute atomic E-state index is 0.0429. The Labute approximate surface area is 99.7 Å². The molecule has 0 aliphatic rings. The fraction of sp³-hybridized carbons (Fsp3) is 0.545. The third-order valence-electron chi connectivity index (χ3n) is 1.98. The second-order valence-corrected chi connectivity index (χ2v) is 4.69. The van der Waals surface area contributed by atoms with Crippen molar-refractivity contribution in [3.63, 3.8) is 0 Å². The van der Waals surface area contributed by atoms with Crippen LogP contribution in [0.3, 0.4) is 0 Å². The third kappa shape index (κ3) is 5.85. The second kappa shape index (κ2) is 7.38. The van der Waals surface area contributed by atoms with Gasteiger partial charge in [0.1, 0.15) is 0 Å². The molecule has 0 spiro atoms. The standard InChI is InChI=1S/C11H18N2O2S/c1-9(14)8-12-4-5-13-11(15)7-10-3-2-6-16-10/h2-3,6,9,12,14H,4-5,7-8H2,1H3,(H,13,15). The lowest BCUT2D eigenvalue weighted by molar-refractivity contribution is -0.120. The summed E-state index contributed by atoms with van der Waals surface area (Å²) in [6.45, 7) is 3.56. The second-order valence-electron chi connectivity index (χ2n) is 3.66. The summed E-state index contributed by atoms with van der Waals surface area (Å²) in [4.78, 5) is 12.5. The average Bonchev–Trinajstić information content (AvgIpc) is 2.69. The van der Waals surface area contributed by atoms with Crippen molar-refractivity contribution in [2.45, 2.75) is 19.4 Å². The zero-order chi connectivity index (χ0) is 11.8. The smallest absolute Gasteiger partial charge is 0.225 e. The lowest BCUT2D eigenvalue weighted by Crippen LogP contribution is -2.35. The van der Waals surface area contributed by atoms with Crippen LogP contribution in [0, 0.1) is 0 Å². The maximum absolute atomic E-state index is 11.4. The summed E-state index contributed by atoms with van der Waals surface area (Å²) in [7, 11) is 0. The van der Waals surface area contributed by atoms with Crippen molar-refractivity contribution >= 4 is 17.2 Å². The summed E-state index contributed by atoms with van der Waals surface area (Å²) in [6, 6.07) is 3.90. The molecule has 0 bridgehead atoms. The first-order valence-corrected chi connectivity index (χ1v) is 6.24. The van der Waals surface area contributed by atoms with Crippen LogP contribution in [0.2, 0.25) is 0 Å². The van der Waals surface area contributed by atoms with Gasteiger partial charge in [-0.15, -0.1) is 11.3 Å². The Morgan fingerprint density at radius 1 is 1.56 bits per heavy atom. The van der Waals surface area contributed by atoms with E-state index < -0.39 is 0 Å². The Morgan fingerprint density at radius 2 is 2.38 bits per heavy atom. The molecule has 1 rings (SSSR count). The number of hydrogen-bond donors (Lipinski definition) is 3. The van der Waals surface area contributed by atoms with Crippen molar-refractivity contribution in [3.8, 4) is 0 Å². The number of nitrogens with one attached hydrogen (secondary N) is 2. The summed E-state index contributed by atoms with van der Waals surface area (Å²) in [6.07, 6.45) is 0.107. The monoisotopic (exact) mass is 242 g/mol. The minimum Gasteiger partial charge on any atom is -0.392 e. The van der Waals surface area contributed by atoms with E-state index in [0.717, 1.165) is 4.88 Å². The number of rotatable bonds is 7. The van der Waals surface area contributed by atoms with Gasteiger partial charge in [0.15, 0.2) is 0 Å².